The van der Waals surface area contributed by atoms with E-state index in [0.717, 1.165) is 0 Å². The molecule has 3 heterocycles. The van der Waals surface area contributed by atoms with E-state index in [1.165, 1.54) is 11.0 Å². The number of nitrogens with zero attached hydrogens (tertiary/aromatic N) is 2. The summed E-state index contributed by atoms with van der Waals surface area (Å²) in [5, 5.41) is 0. The van der Waals surface area contributed by atoms with Gasteiger partial charge in [-0.15, -0.1) is 0 Å². The van der Waals surface area contributed by atoms with Gasteiger partial charge in [0.15, 0.2) is 0 Å². The number of benzene rings is 1. The Labute approximate surface area is 194 Å². The van der Waals surface area contributed by atoms with Crippen LogP contribution in [0.15, 0.2) is 47.4 Å². The van der Waals surface area contributed by atoms with Crippen LogP contribution in [0.4, 0.5) is 0 Å². The number of aromatic nitrogens is 1. The number of pyridine rings is 1. The molecular formula is C25H31BN2O5. The van der Waals surface area contributed by atoms with Crippen LogP contribution in [0.2, 0.25) is 0 Å². The maximum absolute atomic E-state index is 13.0. The molecule has 174 valence electrons. The quantitative estimate of drug-likeness (QED) is 0.500. The highest BCUT2D eigenvalue weighted by Gasteiger charge is 2.51. The molecule has 33 heavy (non-hydrogen) atoms. The van der Waals surface area contributed by atoms with Crippen molar-refractivity contribution in [3.63, 3.8) is 0 Å². The SMILES string of the molecule is CC(C)C[C@@H](Cn1ccc(B2OC(C)(C)C(C)(C)O2)cc1=O)N1C(=O)c2ccccc2C1=O. The van der Waals surface area contributed by atoms with Gasteiger partial charge < -0.3 is 13.9 Å². The molecule has 1 saturated heterocycles. The Balaban J connectivity index is 1.59. The first-order chi connectivity index (χ1) is 15.4. The van der Waals surface area contributed by atoms with Crippen LogP contribution in [0.25, 0.3) is 0 Å². The van der Waals surface area contributed by atoms with Crippen LogP contribution in [0.1, 0.15) is 68.7 Å². The van der Waals surface area contributed by atoms with Crippen molar-refractivity contribution in [1.82, 2.24) is 9.47 Å². The van der Waals surface area contributed by atoms with Gasteiger partial charge in [0.1, 0.15) is 0 Å². The molecule has 2 aliphatic heterocycles. The Kier molecular flexibility index (Phi) is 5.87. The highest BCUT2D eigenvalue weighted by atomic mass is 16.7. The summed E-state index contributed by atoms with van der Waals surface area (Å²) in [4.78, 5) is 40.4. The Morgan fingerprint density at radius 1 is 0.909 bits per heavy atom. The van der Waals surface area contributed by atoms with E-state index < -0.39 is 24.4 Å². The third-order valence-electron chi connectivity index (χ3n) is 6.89. The number of amides is 2. The van der Waals surface area contributed by atoms with Crippen LogP contribution in [-0.4, -0.2) is 45.6 Å². The maximum atomic E-state index is 13.0. The van der Waals surface area contributed by atoms with Gasteiger partial charge in [-0.1, -0.05) is 26.0 Å². The Morgan fingerprint density at radius 2 is 1.45 bits per heavy atom. The molecule has 2 amide bonds. The molecule has 1 fully saturated rings. The second-order valence-electron chi connectivity index (χ2n) is 10.3. The minimum atomic E-state index is -0.625. The predicted molar refractivity (Wildman–Crippen MR) is 127 cm³/mol. The molecular weight excluding hydrogens is 419 g/mol. The van der Waals surface area contributed by atoms with Crippen molar-refractivity contribution >= 4 is 24.4 Å². The van der Waals surface area contributed by atoms with Gasteiger partial charge >= 0.3 is 7.12 Å². The predicted octanol–water partition coefficient (Wildman–Crippen LogP) is 2.86. The van der Waals surface area contributed by atoms with E-state index in [9.17, 15) is 14.4 Å². The molecule has 7 nitrogen and oxygen atoms in total. The Morgan fingerprint density at radius 3 is 1.94 bits per heavy atom. The first-order valence-corrected chi connectivity index (χ1v) is 11.4. The van der Waals surface area contributed by atoms with Crippen molar-refractivity contribution in [2.45, 2.75) is 71.8 Å². The standard InChI is InChI=1S/C25H31BN2O5/c1-16(2)13-18(28-22(30)19-9-7-8-10-20(19)23(28)31)15-27-12-11-17(14-21(27)29)26-32-24(3,4)25(5,6)33-26/h7-12,14,16,18H,13,15H2,1-6H3/t18-/m0/s1. The van der Waals surface area contributed by atoms with Crippen molar-refractivity contribution in [2.24, 2.45) is 5.92 Å². The number of hydrogen-bond donors (Lipinski definition) is 0. The molecule has 0 radical (unpaired) electrons. The van der Waals surface area contributed by atoms with Crippen molar-refractivity contribution in [1.29, 1.82) is 0 Å². The van der Waals surface area contributed by atoms with Gasteiger partial charge in [0.2, 0.25) is 5.56 Å². The minimum Gasteiger partial charge on any atom is -0.399 e. The van der Waals surface area contributed by atoms with E-state index in [1.54, 1.807) is 41.1 Å². The molecule has 0 bridgehead atoms. The fourth-order valence-corrected chi connectivity index (χ4v) is 4.37. The normalized spacial score (nSPS) is 20.0. The molecule has 0 aliphatic carbocycles. The van der Waals surface area contributed by atoms with Crippen molar-refractivity contribution < 1.29 is 18.9 Å². The molecule has 0 spiro atoms. The minimum absolute atomic E-state index is 0.228. The van der Waals surface area contributed by atoms with E-state index in [1.807, 2.05) is 41.5 Å². The lowest BCUT2D eigenvalue weighted by atomic mass is 9.80. The zero-order chi connectivity index (χ0) is 24.1. The van der Waals surface area contributed by atoms with Crippen LogP contribution >= 0.6 is 0 Å². The van der Waals surface area contributed by atoms with Gasteiger partial charge in [0, 0.05) is 18.8 Å². The third-order valence-corrected chi connectivity index (χ3v) is 6.89. The van der Waals surface area contributed by atoms with Gasteiger partial charge in [0.25, 0.3) is 11.8 Å². The molecule has 0 saturated carbocycles. The third kappa shape index (κ3) is 4.18. The molecule has 8 heteroatoms. The number of fused-ring (bicyclic) bond motifs is 1. The maximum Gasteiger partial charge on any atom is 0.495 e. The smallest absolute Gasteiger partial charge is 0.399 e. The number of carbonyl (C=O) groups excluding carboxylic acids is 2. The largest absolute Gasteiger partial charge is 0.495 e. The highest BCUT2D eigenvalue weighted by molar-refractivity contribution is 6.62. The molecule has 1 aromatic carbocycles. The van der Waals surface area contributed by atoms with Crippen LogP contribution in [0, 0.1) is 5.92 Å². The van der Waals surface area contributed by atoms with Gasteiger partial charge in [0.05, 0.1) is 28.4 Å². The van der Waals surface area contributed by atoms with Crippen LogP contribution in [0.5, 0.6) is 0 Å². The summed E-state index contributed by atoms with van der Waals surface area (Å²) in [6, 6.07) is 9.74. The van der Waals surface area contributed by atoms with E-state index >= 15 is 0 Å². The summed E-state index contributed by atoms with van der Waals surface area (Å²) < 4.78 is 13.7. The molecule has 4 rings (SSSR count). The summed E-state index contributed by atoms with van der Waals surface area (Å²) in [5.74, 6) is -0.370. The van der Waals surface area contributed by atoms with E-state index in [-0.39, 0.29) is 29.8 Å². The lowest BCUT2D eigenvalue weighted by molar-refractivity contribution is 0.00578. The highest BCUT2D eigenvalue weighted by Crippen LogP contribution is 2.36. The Hall–Kier alpha value is -2.71. The second kappa shape index (κ2) is 8.26. The summed E-state index contributed by atoms with van der Waals surface area (Å²) in [5.41, 5.74) is 0.254. The van der Waals surface area contributed by atoms with Gasteiger partial charge in [-0.2, -0.15) is 0 Å². The monoisotopic (exact) mass is 450 g/mol. The van der Waals surface area contributed by atoms with Crippen LogP contribution in [0.3, 0.4) is 0 Å². The zero-order valence-corrected chi connectivity index (χ0v) is 20.1. The first-order valence-electron chi connectivity index (χ1n) is 11.4. The summed E-state index contributed by atoms with van der Waals surface area (Å²) in [6.07, 6.45) is 2.28. The Bertz CT molecular complexity index is 1100. The number of hydrogen-bond acceptors (Lipinski definition) is 5. The molecule has 1 atom stereocenters. The van der Waals surface area contributed by atoms with Gasteiger partial charge in [-0.25, -0.2) is 0 Å². The first kappa shape index (κ1) is 23.5. The molecule has 2 aliphatic rings. The number of imide groups is 1. The molecule has 2 aromatic rings. The van der Waals surface area contributed by atoms with E-state index in [2.05, 4.69) is 0 Å². The summed E-state index contributed by atoms with van der Waals surface area (Å²) in [7, 11) is -0.625. The topological polar surface area (TPSA) is 77.8 Å². The van der Waals surface area contributed by atoms with Crippen LogP contribution in [-0.2, 0) is 15.9 Å². The zero-order valence-electron chi connectivity index (χ0n) is 20.1. The van der Waals surface area contributed by atoms with E-state index in [4.69, 9.17) is 9.31 Å². The lowest BCUT2D eigenvalue weighted by Gasteiger charge is -2.32. The lowest BCUT2D eigenvalue weighted by Crippen LogP contribution is -2.45. The van der Waals surface area contributed by atoms with E-state index in [0.29, 0.717) is 23.0 Å². The van der Waals surface area contributed by atoms with Crippen LogP contribution < -0.4 is 11.0 Å². The van der Waals surface area contributed by atoms with Crippen molar-refractivity contribution in [2.75, 3.05) is 0 Å². The summed E-state index contributed by atoms with van der Waals surface area (Å²) in [6.45, 7) is 12.2. The second-order valence-corrected chi connectivity index (χ2v) is 10.3. The number of rotatable bonds is 6. The summed E-state index contributed by atoms with van der Waals surface area (Å²) >= 11 is 0. The molecule has 1 aromatic heterocycles. The fraction of sp³-hybridized carbons (Fsp3) is 0.480. The molecule has 0 N–H and O–H groups in total. The van der Waals surface area contributed by atoms with Gasteiger partial charge in [-0.05, 0) is 63.7 Å². The van der Waals surface area contributed by atoms with Crippen molar-refractivity contribution in [3.8, 4) is 0 Å². The van der Waals surface area contributed by atoms with Crippen molar-refractivity contribution in [3.05, 3.63) is 64.1 Å². The fourth-order valence-electron chi connectivity index (χ4n) is 4.37. The van der Waals surface area contributed by atoms with Gasteiger partial charge in [-0.3, -0.25) is 19.3 Å². The average Bonchev–Trinajstić information content (AvgIpc) is 3.11. The average molecular weight is 450 g/mol. The molecule has 0 unspecified atom stereocenters. The number of carbonyl (C=O) groups is 2.